The smallest absolute Gasteiger partial charge is 0.288 e. The summed E-state index contributed by atoms with van der Waals surface area (Å²) in [5.41, 5.74) is 7.73. The second-order valence-electron chi connectivity index (χ2n) is 7.48. The number of carbonyl (C=O) groups excluding carboxylic acids is 2. The number of amides is 2. The first-order chi connectivity index (χ1) is 14.9. The predicted molar refractivity (Wildman–Crippen MR) is 113 cm³/mol. The van der Waals surface area contributed by atoms with Crippen molar-refractivity contribution in [2.75, 3.05) is 19.8 Å². The molecule has 1 aromatic carbocycles. The summed E-state index contributed by atoms with van der Waals surface area (Å²) in [7, 11) is 0. The zero-order valence-electron chi connectivity index (χ0n) is 17.0. The van der Waals surface area contributed by atoms with Crippen LogP contribution in [0.15, 0.2) is 28.1 Å². The Balaban J connectivity index is 1.62. The van der Waals surface area contributed by atoms with E-state index in [-0.39, 0.29) is 17.9 Å². The van der Waals surface area contributed by atoms with Gasteiger partial charge in [-0.05, 0) is 38.0 Å². The molecule has 1 saturated heterocycles. The first-order valence-electron chi connectivity index (χ1n) is 9.82. The van der Waals surface area contributed by atoms with Crippen LogP contribution in [0.4, 0.5) is 0 Å². The molecule has 2 aromatic heterocycles. The molecule has 10 heteroatoms. The van der Waals surface area contributed by atoms with Crippen molar-refractivity contribution >= 4 is 34.1 Å². The molecule has 0 saturated carbocycles. The number of carbonyl (C=O) groups is 2. The number of nitrogens with zero attached hydrogens (tertiary/aromatic N) is 1. The number of aliphatic hydroxyl groups excluding tert-OH is 1. The summed E-state index contributed by atoms with van der Waals surface area (Å²) < 4.78 is 16.8. The molecule has 4 N–H and O–H groups in total. The summed E-state index contributed by atoms with van der Waals surface area (Å²) in [5.74, 6) is -1.07. The summed E-state index contributed by atoms with van der Waals surface area (Å²) in [6.45, 7) is 2.83. The molecule has 3 aromatic rings. The van der Waals surface area contributed by atoms with E-state index < -0.39 is 17.4 Å². The standard InChI is InChI=1S/C21H23N3O6S/c1-12-16(31-11-23-12)9-29-13-2-3-15-14(8-13)17(19(22)26)18(30-15)20(27)24-21(10-25)4-6-28-7-5-21/h2-3,8,11,25H,4-7,9-10H2,1H3,(H2,22,26)(H,24,27). The lowest BCUT2D eigenvalue weighted by atomic mass is 9.90. The molecule has 2 amide bonds. The normalized spacial score (nSPS) is 15.7. The Hall–Kier alpha value is -2.95. The van der Waals surface area contributed by atoms with Gasteiger partial charge in [0.1, 0.15) is 17.9 Å². The Morgan fingerprint density at radius 1 is 1.35 bits per heavy atom. The van der Waals surface area contributed by atoms with Crippen molar-refractivity contribution in [3.63, 3.8) is 0 Å². The average Bonchev–Trinajstić information content (AvgIpc) is 3.35. The van der Waals surface area contributed by atoms with Crippen LogP contribution in [0.25, 0.3) is 11.0 Å². The Kier molecular flexibility index (Phi) is 5.94. The summed E-state index contributed by atoms with van der Waals surface area (Å²) in [5, 5.41) is 13.0. The van der Waals surface area contributed by atoms with Gasteiger partial charge in [-0.2, -0.15) is 0 Å². The van der Waals surface area contributed by atoms with Gasteiger partial charge in [-0.25, -0.2) is 4.98 Å². The third-order valence-corrected chi connectivity index (χ3v) is 6.37. The molecule has 0 atom stereocenters. The van der Waals surface area contributed by atoms with E-state index >= 15 is 0 Å². The lowest BCUT2D eigenvalue weighted by Gasteiger charge is -2.36. The number of primary amides is 1. The van der Waals surface area contributed by atoms with Gasteiger partial charge in [0.2, 0.25) is 5.76 Å². The molecule has 31 heavy (non-hydrogen) atoms. The minimum Gasteiger partial charge on any atom is -0.488 e. The number of benzene rings is 1. The minimum absolute atomic E-state index is 0.0212. The summed E-state index contributed by atoms with van der Waals surface area (Å²) >= 11 is 1.50. The average molecular weight is 445 g/mol. The number of aryl methyl sites for hydroxylation is 1. The fourth-order valence-electron chi connectivity index (χ4n) is 3.57. The van der Waals surface area contributed by atoms with Crippen LogP contribution in [0.3, 0.4) is 0 Å². The van der Waals surface area contributed by atoms with Gasteiger partial charge in [0.15, 0.2) is 0 Å². The highest BCUT2D eigenvalue weighted by Crippen LogP contribution is 2.31. The van der Waals surface area contributed by atoms with Gasteiger partial charge in [0, 0.05) is 18.6 Å². The van der Waals surface area contributed by atoms with Crippen LogP contribution in [0, 0.1) is 6.92 Å². The number of nitrogens with two attached hydrogens (primary N) is 1. The number of aliphatic hydroxyl groups is 1. The summed E-state index contributed by atoms with van der Waals surface area (Å²) in [6.07, 6.45) is 0.909. The number of rotatable bonds is 7. The Labute approximate surface area is 182 Å². The summed E-state index contributed by atoms with van der Waals surface area (Å²) in [4.78, 5) is 30.4. The topological polar surface area (TPSA) is 137 Å². The van der Waals surface area contributed by atoms with Crippen LogP contribution in [0.5, 0.6) is 5.75 Å². The molecule has 1 fully saturated rings. The van der Waals surface area contributed by atoms with Gasteiger partial charge in [-0.15, -0.1) is 11.3 Å². The molecule has 164 valence electrons. The van der Waals surface area contributed by atoms with E-state index in [1.807, 2.05) is 6.92 Å². The highest BCUT2D eigenvalue weighted by Gasteiger charge is 2.36. The molecular formula is C21H23N3O6S. The van der Waals surface area contributed by atoms with Crippen molar-refractivity contribution in [3.8, 4) is 5.75 Å². The van der Waals surface area contributed by atoms with E-state index in [9.17, 15) is 14.7 Å². The number of ether oxygens (including phenoxy) is 2. The van der Waals surface area contributed by atoms with Gasteiger partial charge in [-0.3, -0.25) is 9.59 Å². The van der Waals surface area contributed by atoms with E-state index in [0.29, 0.717) is 49.4 Å². The molecule has 1 aliphatic heterocycles. The van der Waals surface area contributed by atoms with Gasteiger partial charge in [-0.1, -0.05) is 0 Å². The highest BCUT2D eigenvalue weighted by molar-refractivity contribution is 7.09. The fraction of sp³-hybridized carbons (Fsp3) is 0.381. The van der Waals surface area contributed by atoms with Crippen molar-refractivity contribution in [1.82, 2.24) is 10.3 Å². The lowest BCUT2D eigenvalue weighted by Crippen LogP contribution is -2.54. The van der Waals surface area contributed by atoms with Crippen LogP contribution >= 0.6 is 11.3 Å². The van der Waals surface area contributed by atoms with E-state index in [0.717, 1.165) is 10.6 Å². The molecule has 9 nitrogen and oxygen atoms in total. The van der Waals surface area contributed by atoms with Crippen LogP contribution in [0.1, 0.15) is 44.3 Å². The molecule has 0 unspecified atom stereocenters. The minimum atomic E-state index is -0.829. The van der Waals surface area contributed by atoms with Crippen LogP contribution in [-0.2, 0) is 11.3 Å². The Bertz CT molecular complexity index is 1120. The van der Waals surface area contributed by atoms with E-state index in [4.69, 9.17) is 19.6 Å². The zero-order valence-corrected chi connectivity index (χ0v) is 17.8. The monoisotopic (exact) mass is 445 g/mol. The van der Waals surface area contributed by atoms with Crippen molar-refractivity contribution < 1.29 is 28.6 Å². The fourth-order valence-corrected chi connectivity index (χ4v) is 4.26. The second-order valence-corrected chi connectivity index (χ2v) is 8.42. The Morgan fingerprint density at radius 2 is 2.13 bits per heavy atom. The SMILES string of the molecule is Cc1ncsc1COc1ccc2oc(C(=O)NC3(CO)CCOCC3)c(C(N)=O)c2c1. The maximum Gasteiger partial charge on any atom is 0.288 e. The number of hydrogen-bond acceptors (Lipinski definition) is 8. The molecule has 4 rings (SSSR count). The number of hydrogen-bond donors (Lipinski definition) is 3. The van der Waals surface area contributed by atoms with E-state index in [1.165, 1.54) is 11.3 Å². The van der Waals surface area contributed by atoms with Gasteiger partial charge < -0.3 is 30.0 Å². The molecule has 3 heterocycles. The van der Waals surface area contributed by atoms with Crippen LogP contribution in [0.2, 0.25) is 0 Å². The number of nitrogens with one attached hydrogen (secondary N) is 1. The van der Waals surface area contributed by atoms with Crippen molar-refractivity contribution in [1.29, 1.82) is 0 Å². The first kappa shape index (κ1) is 21.3. The molecular weight excluding hydrogens is 422 g/mol. The third-order valence-electron chi connectivity index (χ3n) is 5.46. The van der Waals surface area contributed by atoms with Crippen molar-refractivity contribution in [2.45, 2.75) is 31.9 Å². The van der Waals surface area contributed by atoms with E-state index in [1.54, 1.807) is 23.7 Å². The first-order valence-corrected chi connectivity index (χ1v) is 10.7. The number of furan rings is 1. The quantitative estimate of drug-likeness (QED) is 0.507. The van der Waals surface area contributed by atoms with Crippen molar-refractivity contribution in [2.24, 2.45) is 5.73 Å². The van der Waals surface area contributed by atoms with Crippen LogP contribution in [-0.4, -0.2) is 47.3 Å². The second kappa shape index (κ2) is 8.66. The zero-order chi connectivity index (χ0) is 22.0. The summed E-state index contributed by atoms with van der Waals surface area (Å²) in [6, 6.07) is 4.95. The maximum atomic E-state index is 13.0. The number of thiazole rings is 1. The van der Waals surface area contributed by atoms with Gasteiger partial charge in [0.25, 0.3) is 11.8 Å². The van der Waals surface area contributed by atoms with Crippen LogP contribution < -0.4 is 15.8 Å². The highest BCUT2D eigenvalue weighted by atomic mass is 32.1. The van der Waals surface area contributed by atoms with Crippen molar-refractivity contribution in [3.05, 3.63) is 45.6 Å². The molecule has 0 spiro atoms. The number of aromatic nitrogens is 1. The number of fused-ring (bicyclic) bond motifs is 1. The van der Waals surface area contributed by atoms with Gasteiger partial charge in [0.05, 0.1) is 33.8 Å². The predicted octanol–water partition coefficient (Wildman–Crippen LogP) is 2.15. The molecule has 1 aliphatic rings. The molecule has 0 radical (unpaired) electrons. The maximum absolute atomic E-state index is 13.0. The third kappa shape index (κ3) is 4.27. The Morgan fingerprint density at radius 3 is 2.77 bits per heavy atom. The molecule has 0 bridgehead atoms. The van der Waals surface area contributed by atoms with E-state index in [2.05, 4.69) is 10.3 Å². The lowest BCUT2D eigenvalue weighted by molar-refractivity contribution is 0.0119. The van der Waals surface area contributed by atoms with Gasteiger partial charge >= 0.3 is 0 Å². The largest absolute Gasteiger partial charge is 0.488 e. The molecule has 0 aliphatic carbocycles.